The number of nitrogens with one attached hydrogen (secondary N) is 2. The number of hydrogen-bond acceptors (Lipinski definition) is 7. The van der Waals surface area contributed by atoms with Crippen molar-refractivity contribution in [3.8, 4) is 11.5 Å². The predicted octanol–water partition coefficient (Wildman–Crippen LogP) is 4.42. The number of carbonyl (C=O) groups is 2. The highest BCUT2D eigenvalue weighted by molar-refractivity contribution is 7.90. The van der Waals surface area contributed by atoms with Gasteiger partial charge in [-0.15, -0.1) is 0 Å². The molecule has 0 saturated heterocycles. The molecule has 0 aliphatic carbocycles. The number of phenolic OH excluding ortho intramolecular Hbond substituents is 1. The Morgan fingerprint density at radius 1 is 1.00 bits per heavy atom. The van der Waals surface area contributed by atoms with E-state index in [9.17, 15) is 23.1 Å². The van der Waals surface area contributed by atoms with Gasteiger partial charge in [0.2, 0.25) is 0 Å². The molecule has 0 bridgehead atoms. The van der Waals surface area contributed by atoms with Gasteiger partial charge < -0.3 is 15.2 Å². The normalized spacial score (nSPS) is 11.4. The van der Waals surface area contributed by atoms with Crippen molar-refractivity contribution in [3.05, 3.63) is 106 Å². The average Bonchev–Trinajstić information content (AvgIpc) is 3.36. The molecule has 0 aliphatic rings. The first-order valence-corrected chi connectivity index (χ1v) is 13.2. The van der Waals surface area contributed by atoms with Crippen molar-refractivity contribution in [3.63, 3.8) is 0 Å². The number of carbonyl (C=O) groups excluding carboxylic acids is 2. The molecule has 10 nitrogen and oxygen atoms in total. The molecule has 3 aromatic carbocycles. The third kappa shape index (κ3) is 6.28. The number of nitrogens with zero attached hydrogens (tertiary/aromatic N) is 2. The summed E-state index contributed by atoms with van der Waals surface area (Å²) in [5.74, 6) is -0.877. The first-order valence-electron chi connectivity index (χ1n) is 11.4. The highest BCUT2D eigenvalue weighted by Gasteiger charge is 2.24. The molecule has 0 atom stereocenters. The molecule has 12 heteroatoms. The number of ether oxygens (including phenoxy) is 1. The zero-order valence-corrected chi connectivity index (χ0v) is 22.3. The van der Waals surface area contributed by atoms with Crippen LogP contribution in [0.1, 0.15) is 32.0 Å². The van der Waals surface area contributed by atoms with Gasteiger partial charge in [0.1, 0.15) is 17.2 Å². The number of aromatic nitrogens is 1. The summed E-state index contributed by atoms with van der Waals surface area (Å²) in [4.78, 5) is 25.5. The predicted molar refractivity (Wildman–Crippen MR) is 147 cm³/mol. The van der Waals surface area contributed by atoms with E-state index in [2.05, 4.69) is 15.8 Å². The fourth-order valence-electron chi connectivity index (χ4n) is 3.47. The molecule has 3 N–H and O–H groups in total. The molecule has 1 aromatic heterocycles. The summed E-state index contributed by atoms with van der Waals surface area (Å²) in [6.45, 7) is 1.83. The lowest BCUT2D eigenvalue weighted by Crippen LogP contribution is -2.21. The van der Waals surface area contributed by atoms with Crippen molar-refractivity contribution >= 4 is 45.3 Å². The molecule has 0 radical (unpaired) electrons. The fourth-order valence-corrected chi connectivity index (χ4v) is 5.01. The molecule has 0 fully saturated rings. The van der Waals surface area contributed by atoms with Crippen LogP contribution in [0.15, 0.2) is 89.0 Å². The van der Waals surface area contributed by atoms with Crippen LogP contribution in [0.2, 0.25) is 5.02 Å². The maximum absolute atomic E-state index is 13.5. The number of hydrazone groups is 1. The Labute approximate surface area is 229 Å². The number of aromatic hydroxyl groups is 1. The highest BCUT2D eigenvalue weighted by Crippen LogP contribution is 2.24. The lowest BCUT2D eigenvalue weighted by atomic mass is 10.2. The molecule has 4 rings (SSSR count). The topological polar surface area (TPSA) is 139 Å². The first-order chi connectivity index (χ1) is 18.6. The fraction of sp³-hybridized carbons (Fsp3) is 0.0741. The van der Waals surface area contributed by atoms with Gasteiger partial charge in [-0.2, -0.15) is 5.10 Å². The van der Waals surface area contributed by atoms with Crippen LogP contribution >= 0.6 is 11.6 Å². The van der Waals surface area contributed by atoms with Gasteiger partial charge in [0.25, 0.3) is 21.8 Å². The molecule has 1 heterocycles. The van der Waals surface area contributed by atoms with Crippen LogP contribution in [0.5, 0.6) is 11.5 Å². The van der Waals surface area contributed by atoms with Gasteiger partial charge in [0.15, 0.2) is 0 Å². The SMILES string of the molecule is COc1ccc(NC(=O)c2cc(C=NNC(=O)c3ccc(O)c(Cl)c3)cn2S(=O)(=O)c2ccc(C)cc2)cc1. The van der Waals surface area contributed by atoms with E-state index in [0.29, 0.717) is 11.4 Å². The van der Waals surface area contributed by atoms with Crippen molar-refractivity contribution in [1.82, 2.24) is 9.40 Å². The van der Waals surface area contributed by atoms with E-state index in [-0.39, 0.29) is 32.5 Å². The van der Waals surface area contributed by atoms with Crippen LogP contribution in [0, 0.1) is 6.92 Å². The van der Waals surface area contributed by atoms with Gasteiger partial charge in [0.05, 0.1) is 23.2 Å². The molecule has 4 aromatic rings. The maximum atomic E-state index is 13.5. The Balaban J connectivity index is 1.64. The Morgan fingerprint density at radius 3 is 2.33 bits per heavy atom. The maximum Gasteiger partial charge on any atom is 0.273 e. The molecular weight excluding hydrogens is 544 g/mol. The number of methoxy groups -OCH3 is 1. The van der Waals surface area contributed by atoms with E-state index in [0.717, 1.165) is 9.54 Å². The second kappa shape index (κ2) is 11.4. The Kier molecular flexibility index (Phi) is 8.03. The van der Waals surface area contributed by atoms with Gasteiger partial charge in [-0.3, -0.25) is 9.59 Å². The zero-order chi connectivity index (χ0) is 28.2. The number of aryl methyl sites for hydroxylation is 1. The minimum atomic E-state index is -4.16. The second-order valence-electron chi connectivity index (χ2n) is 8.32. The number of benzene rings is 3. The minimum Gasteiger partial charge on any atom is -0.506 e. The van der Waals surface area contributed by atoms with Gasteiger partial charge in [0, 0.05) is 23.0 Å². The van der Waals surface area contributed by atoms with E-state index in [1.807, 2.05) is 6.92 Å². The summed E-state index contributed by atoms with van der Waals surface area (Å²) in [5, 5.41) is 16.1. The summed E-state index contributed by atoms with van der Waals surface area (Å²) in [6.07, 6.45) is 2.43. The standard InChI is InChI=1S/C27H23ClN4O6S/c1-17-3-10-22(11-4-17)39(36,37)32-16-18(15-29-31-26(34)19-5-12-25(33)23(28)14-19)13-24(32)27(35)30-20-6-8-21(38-2)9-7-20/h3-16,33H,1-2H3,(H,30,35)(H,31,34). The second-order valence-corrected chi connectivity index (χ2v) is 10.5. The van der Waals surface area contributed by atoms with Gasteiger partial charge >= 0.3 is 0 Å². The van der Waals surface area contributed by atoms with Crippen LogP contribution in [0.3, 0.4) is 0 Å². The van der Waals surface area contributed by atoms with Crippen molar-refractivity contribution in [2.45, 2.75) is 11.8 Å². The minimum absolute atomic E-state index is 0.00228. The van der Waals surface area contributed by atoms with Gasteiger partial charge in [-0.25, -0.2) is 17.8 Å². The van der Waals surface area contributed by atoms with E-state index >= 15 is 0 Å². The van der Waals surface area contributed by atoms with Crippen LogP contribution in [0.25, 0.3) is 0 Å². The van der Waals surface area contributed by atoms with Crippen molar-refractivity contribution < 1.29 is 27.9 Å². The molecular formula is C27H23ClN4O6S. The summed E-state index contributed by atoms with van der Waals surface area (Å²) in [7, 11) is -2.64. The van der Waals surface area contributed by atoms with Crippen LogP contribution in [-0.4, -0.2) is 42.6 Å². The molecule has 2 amide bonds. The summed E-state index contributed by atoms with van der Waals surface area (Å²) < 4.78 is 32.9. The lowest BCUT2D eigenvalue weighted by Gasteiger charge is -2.11. The largest absolute Gasteiger partial charge is 0.506 e. The Bertz CT molecular complexity index is 1660. The number of phenols is 1. The number of anilines is 1. The van der Waals surface area contributed by atoms with Crippen molar-refractivity contribution in [2.24, 2.45) is 5.10 Å². The summed E-state index contributed by atoms with van der Waals surface area (Å²) in [5.41, 5.74) is 3.80. The molecule has 0 spiro atoms. The number of amides is 2. The van der Waals surface area contributed by atoms with Crippen molar-refractivity contribution in [1.29, 1.82) is 0 Å². The average molecular weight is 567 g/mol. The molecule has 0 aliphatic heterocycles. The van der Waals surface area contributed by atoms with E-state index in [1.165, 1.54) is 55.9 Å². The van der Waals surface area contributed by atoms with E-state index < -0.39 is 21.8 Å². The number of halogens is 1. The molecule has 39 heavy (non-hydrogen) atoms. The lowest BCUT2D eigenvalue weighted by molar-refractivity contribution is 0.0954. The van der Waals surface area contributed by atoms with E-state index in [1.54, 1.807) is 36.4 Å². The van der Waals surface area contributed by atoms with Gasteiger partial charge in [-0.1, -0.05) is 29.3 Å². The van der Waals surface area contributed by atoms with Crippen LogP contribution in [-0.2, 0) is 10.0 Å². The smallest absolute Gasteiger partial charge is 0.273 e. The molecule has 0 saturated carbocycles. The van der Waals surface area contributed by atoms with Gasteiger partial charge in [-0.05, 0) is 67.6 Å². The van der Waals surface area contributed by atoms with E-state index in [4.69, 9.17) is 16.3 Å². The molecule has 200 valence electrons. The van der Waals surface area contributed by atoms with Crippen LogP contribution < -0.4 is 15.5 Å². The summed E-state index contributed by atoms with van der Waals surface area (Å²) in [6, 6.07) is 18.0. The van der Waals surface area contributed by atoms with Crippen LogP contribution in [0.4, 0.5) is 5.69 Å². The third-order valence-corrected chi connectivity index (χ3v) is 7.55. The number of hydrogen-bond donors (Lipinski definition) is 3. The Hall–Kier alpha value is -4.61. The quantitative estimate of drug-likeness (QED) is 0.213. The zero-order valence-electron chi connectivity index (χ0n) is 20.8. The summed E-state index contributed by atoms with van der Waals surface area (Å²) >= 11 is 5.84. The van der Waals surface area contributed by atoms with Crippen molar-refractivity contribution in [2.75, 3.05) is 12.4 Å². The first kappa shape index (κ1) is 27.4. The highest BCUT2D eigenvalue weighted by atomic mass is 35.5. The Morgan fingerprint density at radius 2 is 1.69 bits per heavy atom. The third-order valence-electron chi connectivity index (χ3n) is 5.56. The monoisotopic (exact) mass is 566 g/mol. The number of rotatable bonds is 8. The molecule has 0 unspecified atom stereocenters.